The number of carboxylic acid groups (broad SMARTS) is 1. The van der Waals surface area contributed by atoms with Crippen LogP contribution in [0.2, 0.25) is 0 Å². The summed E-state index contributed by atoms with van der Waals surface area (Å²) in [5.74, 6) is -0.781. The second kappa shape index (κ2) is 8.03. The van der Waals surface area contributed by atoms with E-state index in [2.05, 4.69) is 22.8 Å². The number of hydrogen-bond donors (Lipinski definition) is 3. The van der Waals surface area contributed by atoms with E-state index in [0.29, 0.717) is 29.5 Å². The number of carbonyl (C=O) groups is 3. The van der Waals surface area contributed by atoms with E-state index in [-0.39, 0.29) is 5.91 Å². The topological polar surface area (TPSA) is 95.5 Å². The highest BCUT2D eigenvalue weighted by atomic mass is 16.4. The van der Waals surface area contributed by atoms with Crippen LogP contribution in [0.1, 0.15) is 41.6 Å². The van der Waals surface area contributed by atoms with Gasteiger partial charge in [-0.3, -0.25) is 14.4 Å². The van der Waals surface area contributed by atoms with Crippen LogP contribution in [-0.4, -0.2) is 28.9 Å². The van der Waals surface area contributed by atoms with Crippen LogP contribution in [0.25, 0.3) is 0 Å². The van der Waals surface area contributed by atoms with Crippen LogP contribution in [0, 0.1) is 5.92 Å². The second-order valence-corrected chi connectivity index (χ2v) is 6.88. The molecule has 1 saturated carbocycles. The summed E-state index contributed by atoms with van der Waals surface area (Å²) in [6, 6.07) is 15.6. The summed E-state index contributed by atoms with van der Waals surface area (Å²) in [5.41, 5.74) is 2.23. The molecule has 140 valence electrons. The Labute approximate surface area is 157 Å². The summed E-state index contributed by atoms with van der Waals surface area (Å²) in [5, 5.41) is 14.1. The number of nitrogens with one attached hydrogen (secondary N) is 2. The van der Waals surface area contributed by atoms with Crippen LogP contribution in [-0.2, 0) is 9.59 Å². The molecule has 0 aliphatic heterocycles. The number of rotatable bonds is 7. The van der Waals surface area contributed by atoms with Crippen LogP contribution >= 0.6 is 0 Å². The third kappa shape index (κ3) is 4.94. The average Bonchev–Trinajstić information content (AvgIpc) is 3.41. The van der Waals surface area contributed by atoms with Gasteiger partial charge in [0.15, 0.2) is 0 Å². The third-order valence-corrected chi connectivity index (χ3v) is 4.75. The first-order valence-corrected chi connectivity index (χ1v) is 8.92. The van der Waals surface area contributed by atoms with Crippen molar-refractivity contribution < 1.29 is 19.5 Å². The monoisotopic (exact) mass is 366 g/mol. The second-order valence-electron chi connectivity index (χ2n) is 6.88. The zero-order valence-corrected chi connectivity index (χ0v) is 15.0. The Morgan fingerprint density at radius 2 is 1.74 bits per heavy atom. The number of anilines is 1. The molecule has 2 aromatic carbocycles. The quantitative estimate of drug-likeness (QED) is 0.702. The van der Waals surface area contributed by atoms with Gasteiger partial charge in [-0.1, -0.05) is 30.3 Å². The van der Waals surface area contributed by atoms with Crippen LogP contribution < -0.4 is 10.6 Å². The number of aliphatic carboxylic acids is 1. The summed E-state index contributed by atoms with van der Waals surface area (Å²) >= 11 is 0. The molecule has 0 heterocycles. The van der Waals surface area contributed by atoms with Crippen molar-refractivity contribution in [3.8, 4) is 0 Å². The number of carbonyl (C=O) groups excluding carboxylic acids is 2. The number of amides is 2. The smallest absolute Gasteiger partial charge is 0.325 e. The Hall–Kier alpha value is -3.15. The number of hydrogen-bond acceptors (Lipinski definition) is 3. The first kappa shape index (κ1) is 18.6. The highest BCUT2D eigenvalue weighted by molar-refractivity contribution is 5.97. The Bertz CT molecular complexity index is 833. The molecular formula is C21H22N2O4. The van der Waals surface area contributed by atoms with Crippen LogP contribution in [0.5, 0.6) is 0 Å². The van der Waals surface area contributed by atoms with E-state index in [1.165, 1.54) is 12.5 Å². The van der Waals surface area contributed by atoms with Crippen molar-refractivity contribution in [1.29, 1.82) is 0 Å². The Morgan fingerprint density at radius 1 is 1.07 bits per heavy atom. The van der Waals surface area contributed by atoms with Crippen LogP contribution in [0.3, 0.4) is 0 Å². The lowest BCUT2D eigenvalue weighted by molar-refractivity contribution is -0.138. The molecule has 1 unspecified atom stereocenters. The Balaban J connectivity index is 1.49. The minimum Gasteiger partial charge on any atom is -0.480 e. The van der Waals surface area contributed by atoms with Gasteiger partial charge in [-0.05, 0) is 55.0 Å². The van der Waals surface area contributed by atoms with Gasteiger partial charge in [0.25, 0.3) is 5.91 Å². The van der Waals surface area contributed by atoms with Gasteiger partial charge in [0.2, 0.25) is 5.91 Å². The van der Waals surface area contributed by atoms with Gasteiger partial charge in [-0.15, -0.1) is 0 Å². The standard InChI is InChI=1S/C21H22N2O4/c1-13(21(26)27)22-20(25)15-7-9-17(10-8-15)23-19(24)12-16-11-18(16)14-5-3-2-4-6-14/h2-10,13,16,18H,11-12H2,1H3,(H,22,25)(H,23,24)(H,26,27)/t13?,16-,18-/m0/s1. The van der Waals surface area contributed by atoms with E-state index >= 15 is 0 Å². The summed E-state index contributed by atoms with van der Waals surface area (Å²) in [6.45, 7) is 1.40. The number of benzene rings is 2. The fourth-order valence-corrected chi connectivity index (χ4v) is 3.08. The molecule has 0 spiro atoms. The van der Waals surface area contributed by atoms with Crippen molar-refractivity contribution in [2.24, 2.45) is 5.92 Å². The minimum absolute atomic E-state index is 0.0462. The molecule has 1 aliphatic carbocycles. The fourth-order valence-electron chi connectivity index (χ4n) is 3.08. The maximum absolute atomic E-state index is 12.2. The van der Waals surface area contributed by atoms with Crippen molar-refractivity contribution in [3.05, 3.63) is 65.7 Å². The van der Waals surface area contributed by atoms with Gasteiger partial charge in [-0.25, -0.2) is 0 Å². The number of carboxylic acids is 1. The summed E-state index contributed by atoms with van der Waals surface area (Å²) in [6.07, 6.45) is 1.50. The van der Waals surface area contributed by atoms with Crippen molar-refractivity contribution in [2.75, 3.05) is 5.32 Å². The molecule has 2 aromatic rings. The Kier molecular flexibility index (Phi) is 5.54. The minimum atomic E-state index is -1.10. The van der Waals surface area contributed by atoms with E-state index in [9.17, 15) is 14.4 Å². The Morgan fingerprint density at radius 3 is 2.37 bits per heavy atom. The van der Waals surface area contributed by atoms with Crippen molar-refractivity contribution in [2.45, 2.75) is 31.7 Å². The lowest BCUT2D eigenvalue weighted by atomic mass is 10.1. The first-order chi connectivity index (χ1) is 12.9. The van der Waals surface area contributed by atoms with E-state index in [1.54, 1.807) is 24.3 Å². The maximum Gasteiger partial charge on any atom is 0.325 e. The van der Waals surface area contributed by atoms with E-state index in [1.807, 2.05) is 18.2 Å². The molecular weight excluding hydrogens is 344 g/mol. The summed E-state index contributed by atoms with van der Waals surface area (Å²) in [4.78, 5) is 35.0. The largest absolute Gasteiger partial charge is 0.480 e. The predicted octanol–water partition coefficient (Wildman–Crippen LogP) is 3.02. The van der Waals surface area contributed by atoms with Crippen LogP contribution in [0.15, 0.2) is 54.6 Å². The summed E-state index contributed by atoms with van der Waals surface area (Å²) in [7, 11) is 0. The van der Waals surface area contributed by atoms with Gasteiger partial charge < -0.3 is 15.7 Å². The molecule has 3 rings (SSSR count). The fraction of sp³-hybridized carbons (Fsp3) is 0.286. The van der Waals surface area contributed by atoms with Crippen LogP contribution in [0.4, 0.5) is 5.69 Å². The molecule has 1 fully saturated rings. The van der Waals surface area contributed by atoms with Gasteiger partial charge in [-0.2, -0.15) is 0 Å². The first-order valence-electron chi connectivity index (χ1n) is 8.92. The van der Waals surface area contributed by atoms with Crippen molar-refractivity contribution in [1.82, 2.24) is 5.32 Å². The highest BCUT2D eigenvalue weighted by Gasteiger charge is 2.39. The highest BCUT2D eigenvalue weighted by Crippen LogP contribution is 2.49. The molecule has 1 aliphatic rings. The van der Waals surface area contributed by atoms with Gasteiger partial charge in [0.05, 0.1) is 0 Å². The van der Waals surface area contributed by atoms with Crippen molar-refractivity contribution in [3.63, 3.8) is 0 Å². The van der Waals surface area contributed by atoms with E-state index in [4.69, 9.17) is 5.11 Å². The van der Waals surface area contributed by atoms with E-state index in [0.717, 1.165) is 6.42 Å². The zero-order chi connectivity index (χ0) is 19.4. The predicted molar refractivity (Wildman–Crippen MR) is 102 cm³/mol. The normalized spacial score (nSPS) is 19.0. The molecule has 6 nitrogen and oxygen atoms in total. The van der Waals surface area contributed by atoms with Gasteiger partial charge in [0.1, 0.15) is 6.04 Å². The van der Waals surface area contributed by atoms with Gasteiger partial charge >= 0.3 is 5.97 Å². The molecule has 6 heteroatoms. The lowest BCUT2D eigenvalue weighted by Crippen LogP contribution is -2.38. The average molecular weight is 366 g/mol. The SMILES string of the molecule is CC(NC(=O)c1ccc(NC(=O)C[C@@H]2C[C@H]2c2ccccc2)cc1)C(=O)O. The molecule has 2 amide bonds. The molecule has 0 saturated heterocycles. The molecule has 0 aromatic heterocycles. The van der Waals surface area contributed by atoms with Gasteiger partial charge in [0, 0.05) is 17.7 Å². The molecule has 0 bridgehead atoms. The van der Waals surface area contributed by atoms with Crippen molar-refractivity contribution >= 4 is 23.5 Å². The third-order valence-electron chi connectivity index (χ3n) is 4.75. The lowest BCUT2D eigenvalue weighted by Gasteiger charge is -2.10. The summed E-state index contributed by atoms with van der Waals surface area (Å²) < 4.78 is 0. The molecule has 27 heavy (non-hydrogen) atoms. The molecule has 3 N–H and O–H groups in total. The molecule has 3 atom stereocenters. The van der Waals surface area contributed by atoms with E-state index < -0.39 is 17.9 Å². The molecule has 0 radical (unpaired) electrons. The zero-order valence-electron chi connectivity index (χ0n) is 15.0. The maximum atomic E-state index is 12.2.